The molecule has 0 aliphatic heterocycles. The monoisotopic (exact) mass is 417 g/mol. The normalized spacial score (nSPS) is 11.1. The Balaban J connectivity index is 1.91. The molecule has 0 saturated heterocycles. The number of rotatable bonds is 9. The highest BCUT2D eigenvalue weighted by atomic mass is 35.5. The topological polar surface area (TPSA) is 46.6 Å². The number of nitrogens with zero attached hydrogens (tertiary/aromatic N) is 2. The van der Waals surface area contributed by atoms with Crippen molar-refractivity contribution in [2.45, 2.75) is 13.3 Å². The minimum Gasteiger partial charge on any atom is -0.490 e. The Morgan fingerprint density at radius 3 is 2.59 bits per heavy atom. The fourth-order valence-electron chi connectivity index (χ4n) is 2.94. The lowest BCUT2D eigenvalue weighted by atomic mass is 10.1. The van der Waals surface area contributed by atoms with E-state index >= 15 is 0 Å². The molecule has 5 nitrogen and oxygen atoms in total. The Hall–Kier alpha value is -2.57. The highest BCUT2D eigenvalue weighted by Crippen LogP contribution is 2.36. The van der Waals surface area contributed by atoms with Crippen molar-refractivity contribution in [3.8, 4) is 11.5 Å². The van der Waals surface area contributed by atoms with Crippen molar-refractivity contribution < 1.29 is 13.9 Å². The molecule has 29 heavy (non-hydrogen) atoms. The molecule has 3 aromatic rings. The smallest absolute Gasteiger partial charge is 0.163 e. The molecular weight excluding hydrogens is 393 g/mol. The SMILES string of the molecule is CCOc1cc2c(Nc3ccc(Cl)cc3F)ccnc2cc1OCCCN(C)C. The first-order chi connectivity index (χ1) is 14.0. The first-order valence-corrected chi connectivity index (χ1v) is 9.91. The summed E-state index contributed by atoms with van der Waals surface area (Å²) < 4.78 is 26.0. The molecule has 154 valence electrons. The van der Waals surface area contributed by atoms with Gasteiger partial charge in [-0.2, -0.15) is 0 Å². The van der Waals surface area contributed by atoms with Crippen molar-refractivity contribution in [3.05, 3.63) is 53.4 Å². The van der Waals surface area contributed by atoms with Crippen LogP contribution < -0.4 is 14.8 Å². The number of hydrogen-bond acceptors (Lipinski definition) is 5. The van der Waals surface area contributed by atoms with E-state index in [-0.39, 0.29) is 0 Å². The van der Waals surface area contributed by atoms with Gasteiger partial charge in [-0.05, 0) is 57.8 Å². The fourth-order valence-corrected chi connectivity index (χ4v) is 3.10. The molecule has 3 rings (SSSR count). The molecule has 1 heterocycles. The van der Waals surface area contributed by atoms with Gasteiger partial charge in [0, 0.05) is 34.9 Å². The lowest BCUT2D eigenvalue weighted by Crippen LogP contribution is -2.15. The highest BCUT2D eigenvalue weighted by molar-refractivity contribution is 6.30. The average Bonchev–Trinajstić information content (AvgIpc) is 2.68. The predicted octanol–water partition coefficient (Wildman–Crippen LogP) is 5.50. The number of ether oxygens (including phenoxy) is 2. The second kappa shape index (κ2) is 9.76. The molecule has 0 radical (unpaired) electrons. The summed E-state index contributed by atoms with van der Waals surface area (Å²) >= 11 is 5.85. The molecule has 7 heteroatoms. The second-order valence-electron chi connectivity index (χ2n) is 6.86. The molecule has 0 unspecified atom stereocenters. The van der Waals surface area contributed by atoms with E-state index in [1.807, 2.05) is 33.2 Å². The maximum atomic E-state index is 14.2. The van der Waals surface area contributed by atoms with Crippen molar-refractivity contribution in [1.82, 2.24) is 9.88 Å². The maximum absolute atomic E-state index is 14.2. The van der Waals surface area contributed by atoms with Gasteiger partial charge in [-0.3, -0.25) is 4.98 Å². The minimum atomic E-state index is -0.423. The van der Waals surface area contributed by atoms with Gasteiger partial charge in [-0.15, -0.1) is 0 Å². The zero-order chi connectivity index (χ0) is 20.8. The Kier molecular flexibility index (Phi) is 7.12. The third-order valence-corrected chi connectivity index (χ3v) is 4.55. The summed E-state index contributed by atoms with van der Waals surface area (Å²) in [6, 6.07) is 10.1. The van der Waals surface area contributed by atoms with E-state index in [4.69, 9.17) is 21.1 Å². The van der Waals surface area contributed by atoms with Crippen LogP contribution in [0.25, 0.3) is 10.9 Å². The first-order valence-electron chi connectivity index (χ1n) is 9.53. The lowest BCUT2D eigenvalue weighted by Gasteiger charge is -2.16. The molecule has 2 aromatic carbocycles. The van der Waals surface area contributed by atoms with Crippen molar-refractivity contribution >= 4 is 33.9 Å². The third kappa shape index (κ3) is 5.49. The van der Waals surface area contributed by atoms with Crippen LogP contribution in [-0.4, -0.2) is 43.7 Å². The average molecular weight is 418 g/mol. The van der Waals surface area contributed by atoms with Crippen molar-refractivity contribution in [2.24, 2.45) is 0 Å². The first kappa shape index (κ1) is 21.1. The van der Waals surface area contributed by atoms with E-state index in [2.05, 4.69) is 15.2 Å². The van der Waals surface area contributed by atoms with Crippen LogP contribution in [-0.2, 0) is 0 Å². The van der Waals surface area contributed by atoms with Crippen molar-refractivity contribution in [1.29, 1.82) is 0 Å². The summed E-state index contributed by atoms with van der Waals surface area (Å²) in [5.74, 6) is 0.867. The number of fused-ring (bicyclic) bond motifs is 1. The van der Waals surface area contributed by atoms with Crippen molar-refractivity contribution in [3.63, 3.8) is 0 Å². The van der Waals surface area contributed by atoms with Crippen LogP contribution in [0.2, 0.25) is 5.02 Å². The van der Waals surface area contributed by atoms with Gasteiger partial charge in [0.25, 0.3) is 0 Å². The number of aromatic nitrogens is 1. The zero-order valence-corrected chi connectivity index (χ0v) is 17.6. The Morgan fingerprint density at radius 2 is 1.86 bits per heavy atom. The quantitative estimate of drug-likeness (QED) is 0.466. The van der Waals surface area contributed by atoms with Gasteiger partial charge in [-0.1, -0.05) is 11.6 Å². The third-order valence-electron chi connectivity index (χ3n) is 4.31. The van der Waals surface area contributed by atoms with Gasteiger partial charge >= 0.3 is 0 Å². The van der Waals surface area contributed by atoms with Gasteiger partial charge in [0.05, 0.1) is 24.4 Å². The standard InChI is InChI=1S/C22H25ClFN3O2/c1-4-28-21-13-16-18(26-19-7-6-15(23)12-17(19)24)8-9-25-20(16)14-22(21)29-11-5-10-27(2)3/h6-9,12-14H,4-5,10-11H2,1-3H3,(H,25,26). The second-order valence-corrected chi connectivity index (χ2v) is 7.30. The van der Waals surface area contributed by atoms with Crippen LogP contribution in [0.3, 0.4) is 0 Å². The Morgan fingerprint density at radius 1 is 1.07 bits per heavy atom. The molecular formula is C22H25ClFN3O2. The fraction of sp³-hybridized carbons (Fsp3) is 0.318. The van der Waals surface area contributed by atoms with Gasteiger partial charge in [-0.25, -0.2) is 4.39 Å². The molecule has 1 aromatic heterocycles. The van der Waals surface area contributed by atoms with Crippen LogP contribution in [0.1, 0.15) is 13.3 Å². The molecule has 0 aliphatic rings. The van der Waals surface area contributed by atoms with E-state index in [1.54, 1.807) is 24.4 Å². The molecule has 0 bridgehead atoms. The highest BCUT2D eigenvalue weighted by Gasteiger charge is 2.13. The number of benzene rings is 2. The van der Waals surface area contributed by atoms with Crippen molar-refractivity contribution in [2.75, 3.05) is 39.2 Å². The summed E-state index contributed by atoms with van der Waals surface area (Å²) in [6.45, 7) is 3.95. The number of halogens is 2. The summed E-state index contributed by atoms with van der Waals surface area (Å²) in [7, 11) is 4.06. The van der Waals surface area contributed by atoms with Crippen LogP contribution in [0.4, 0.5) is 15.8 Å². The Bertz CT molecular complexity index is 982. The maximum Gasteiger partial charge on any atom is 0.163 e. The van der Waals surface area contributed by atoms with E-state index < -0.39 is 5.82 Å². The molecule has 0 saturated carbocycles. The summed E-state index contributed by atoms with van der Waals surface area (Å²) in [5, 5.41) is 4.28. The van der Waals surface area contributed by atoms with Crippen LogP contribution >= 0.6 is 11.6 Å². The molecule has 0 fully saturated rings. The molecule has 0 aliphatic carbocycles. The molecule has 0 atom stereocenters. The van der Waals surface area contributed by atoms with Gasteiger partial charge in [0.2, 0.25) is 0 Å². The summed E-state index contributed by atoms with van der Waals surface area (Å²) in [6.07, 6.45) is 2.58. The minimum absolute atomic E-state index is 0.337. The summed E-state index contributed by atoms with van der Waals surface area (Å²) in [4.78, 5) is 6.55. The van der Waals surface area contributed by atoms with E-state index in [9.17, 15) is 4.39 Å². The molecule has 0 amide bonds. The molecule has 1 N–H and O–H groups in total. The number of anilines is 2. The summed E-state index contributed by atoms with van der Waals surface area (Å²) in [5.41, 5.74) is 1.79. The Labute approximate surface area is 175 Å². The van der Waals surface area contributed by atoms with Crippen LogP contribution in [0, 0.1) is 5.82 Å². The van der Waals surface area contributed by atoms with Gasteiger partial charge in [0.1, 0.15) is 5.82 Å². The number of hydrogen-bond donors (Lipinski definition) is 1. The van der Waals surface area contributed by atoms with E-state index in [0.717, 1.165) is 29.6 Å². The van der Waals surface area contributed by atoms with Gasteiger partial charge in [0.15, 0.2) is 11.5 Å². The largest absolute Gasteiger partial charge is 0.490 e. The van der Waals surface area contributed by atoms with Crippen LogP contribution in [0.15, 0.2) is 42.6 Å². The number of pyridine rings is 1. The van der Waals surface area contributed by atoms with Crippen LogP contribution in [0.5, 0.6) is 11.5 Å². The number of nitrogens with one attached hydrogen (secondary N) is 1. The molecule has 0 spiro atoms. The zero-order valence-electron chi connectivity index (χ0n) is 16.8. The van der Waals surface area contributed by atoms with Gasteiger partial charge < -0.3 is 19.7 Å². The lowest BCUT2D eigenvalue weighted by molar-refractivity contribution is 0.259. The van der Waals surface area contributed by atoms with E-state index in [1.165, 1.54) is 6.07 Å². The predicted molar refractivity (Wildman–Crippen MR) is 116 cm³/mol. The van der Waals surface area contributed by atoms with E-state index in [0.29, 0.717) is 35.4 Å².